The second-order valence-electron chi connectivity index (χ2n) is 1.85. The maximum atomic E-state index is 10.6. The number of carbonyl (C=O) groups excluding carboxylic acids is 1. The Kier molecular flexibility index (Phi) is 3.79. The summed E-state index contributed by atoms with van der Waals surface area (Å²) in [4.78, 5) is 12.2. The van der Waals surface area contributed by atoms with E-state index < -0.39 is 0 Å². The van der Waals surface area contributed by atoms with Gasteiger partial charge in [-0.05, 0) is 11.0 Å². The van der Waals surface area contributed by atoms with Gasteiger partial charge in [0.05, 0.1) is 6.54 Å². The average Bonchev–Trinajstić information content (AvgIpc) is 2.18. The molecule has 58 valence electrons. The number of nitrogens with zero attached hydrogens (tertiary/aromatic N) is 1. The van der Waals surface area contributed by atoms with Crippen molar-refractivity contribution in [2.75, 3.05) is 19.7 Å². The van der Waals surface area contributed by atoms with Crippen molar-refractivity contribution in [3.63, 3.8) is 0 Å². The fourth-order valence-corrected chi connectivity index (χ4v) is 0.747. The molecule has 0 aliphatic carbocycles. The van der Waals surface area contributed by atoms with Gasteiger partial charge in [0.15, 0.2) is 0 Å². The highest BCUT2D eigenvalue weighted by molar-refractivity contribution is 5.75. The van der Waals surface area contributed by atoms with Crippen LogP contribution in [0.1, 0.15) is 0 Å². The summed E-state index contributed by atoms with van der Waals surface area (Å²) in [7, 11) is 0. The van der Waals surface area contributed by atoms with Crippen LogP contribution in [0.4, 0.5) is 4.79 Å². The van der Waals surface area contributed by atoms with Gasteiger partial charge in [0.25, 0.3) is 0 Å². The summed E-state index contributed by atoms with van der Waals surface area (Å²) in [5, 5.41) is 0. The van der Waals surface area contributed by atoms with Crippen LogP contribution in [0.5, 0.6) is 0 Å². The zero-order valence-electron chi connectivity index (χ0n) is 5.17. The third-order valence-electron chi connectivity index (χ3n) is 1.19. The maximum Gasteiger partial charge on any atom is 0.410 e. The quantitative estimate of drug-likeness (QED) is 0.389. The van der Waals surface area contributed by atoms with Crippen LogP contribution in [0.3, 0.4) is 0 Å². The van der Waals surface area contributed by atoms with E-state index in [0.29, 0.717) is 19.7 Å². The molecule has 1 heterocycles. The van der Waals surface area contributed by atoms with Crippen molar-refractivity contribution < 1.29 is 9.53 Å². The minimum absolute atomic E-state index is 0. The lowest BCUT2D eigenvalue weighted by Gasteiger charge is -2.06. The van der Waals surface area contributed by atoms with Crippen molar-refractivity contribution >= 4 is 17.1 Å². The first-order chi connectivity index (χ1) is 4.34. The molecule has 0 bridgehead atoms. The van der Waals surface area contributed by atoms with Gasteiger partial charge in [0.2, 0.25) is 0 Å². The van der Waals surface area contributed by atoms with Gasteiger partial charge in [0, 0.05) is 6.54 Å². The summed E-state index contributed by atoms with van der Waals surface area (Å²) in [5.41, 5.74) is 0. The molecule has 3 nitrogen and oxygen atoms in total. The first-order valence-electron chi connectivity index (χ1n) is 2.87. The van der Waals surface area contributed by atoms with E-state index in [-0.39, 0.29) is 17.1 Å². The van der Waals surface area contributed by atoms with Crippen molar-refractivity contribution in [1.29, 1.82) is 0 Å². The molecule has 1 aliphatic heterocycles. The second-order valence-corrected chi connectivity index (χ2v) is 1.85. The van der Waals surface area contributed by atoms with E-state index >= 15 is 0 Å². The van der Waals surface area contributed by atoms with E-state index in [1.807, 2.05) is 0 Å². The Bertz CT molecular complexity index is 138. The summed E-state index contributed by atoms with van der Waals surface area (Å²) in [5.74, 6) is 0. The molecule has 1 fully saturated rings. The molecule has 0 aromatic rings. The molecular formula is C6H13NO2Si. The first-order valence-corrected chi connectivity index (χ1v) is 2.87. The van der Waals surface area contributed by atoms with Gasteiger partial charge < -0.3 is 9.64 Å². The lowest BCUT2D eigenvalue weighted by molar-refractivity contribution is 0.161. The molecule has 10 heavy (non-hydrogen) atoms. The molecule has 0 saturated carbocycles. The average molecular weight is 159 g/mol. The highest BCUT2D eigenvalue weighted by Crippen LogP contribution is 2.01. The van der Waals surface area contributed by atoms with Gasteiger partial charge in [-0.3, -0.25) is 0 Å². The maximum absolute atomic E-state index is 10.6. The van der Waals surface area contributed by atoms with Crippen LogP contribution in [-0.2, 0) is 4.74 Å². The van der Waals surface area contributed by atoms with Crippen molar-refractivity contribution in [2.45, 2.75) is 0 Å². The Balaban J connectivity index is 0.000000810. The molecular weight excluding hydrogens is 146 g/mol. The van der Waals surface area contributed by atoms with Crippen LogP contribution < -0.4 is 0 Å². The van der Waals surface area contributed by atoms with E-state index in [4.69, 9.17) is 0 Å². The molecule has 0 radical (unpaired) electrons. The summed E-state index contributed by atoms with van der Waals surface area (Å²) in [6, 6.07) is 0. The Morgan fingerprint density at radius 1 is 1.80 bits per heavy atom. The zero-order chi connectivity index (χ0) is 6.69. The van der Waals surface area contributed by atoms with Gasteiger partial charge in [-0.15, -0.1) is 6.58 Å². The zero-order valence-corrected chi connectivity index (χ0v) is 5.17. The molecule has 1 saturated heterocycles. The second kappa shape index (κ2) is 4.11. The molecule has 0 atom stereocenters. The summed E-state index contributed by atoms with van der Waals surface area (Å²) >= 11 is 0. The topological polar surface area (TPSA) is 29.5 Å². The third kappa shape index (κ3) is 1.87. The van der Waals surface area contributed by atoms with E-state index in [1.165, 1.54) is 0 Å². The van der Waals surface area contributed by atoms with E-state index in [1.54, 1.807) is 11.0 Å². The van der Waals surface area contributed by atoms with Crippen molar-refractivity contribution in [3.05, 3.63) is 12.7 Å². The molecule has 0 unspecified atom stereocenters. The fraction of sp³-hybridized carbons (Fsp3) is 0.500. The first kappa shape index (κ1) is 9.23. The summed E-state index contributed by atoms with van der Waals surface area (Å²) in [6.45, 7) is 5.32. The Morgan fingerprint density at radius 3 is 2.90 bits per heavy atom. The normalized spacial score (nSPS) is 16.0. The predicted molar refractivity (Wildman–Crippen MR) is 44.5 cm³/mol. The lowest BCUT2D eigenvalue weighted by Crippen LogP contribution is -2.23. The Hall–Kier alpha value is -0.773. The van der Waals surface area contributed by atoms with Crippen LogP contribution >= 0.6 is 0 Å². The summed E-state index contributed by atoms with van der Waals surface area (Å²) in [6.07, 6.45) is 1.46. The molecule has 0 aromatic carbocycles. The lowest BCUT2D eigenvalue weighted by atomic mass is 10.5. The molecule has 1 amide bonds. The molecule has 0 spiro atoms. The van der Waals surface area contributed by atoms with Crippen LogP contribution in [0.2, 0.25) is 0 Å². The monoisotopic (exact) mass is 159 g/mol. The number of hydrogen-bond acceptors (Lipinski definition) is 2. The Morgan fingerprint density at radius 2 is 2.50 bits per heavy atom. The number of rotatable bonds is 2. The van der Waals surface area contributed by atoms with Gasteiger partial charge in [-0.2, -0.15) is 0 Å². The van der Waals surface area contributed by atoms with E-state index in [2.05, 4.69) is 11.3 Å². The van der Waals surface area contributed by atoms with Crippen LogP contribution in [0, 0.1) is 0 Å². The van der Waals surface area contributed by atoms with Crippen molar-refractivity contribution in [2.24, 2.45) is 0 Å². The standard InChI is InChI=1S/C6H9NO2.H4Si/c1-2-3-7-4-5-9-6(7)8;/h2H,1,3-5H2;1H4. The van der Waals surface area contributed by atoms with Gasteiger partial charge >= 0.3 is 6.09 Å². The van der Waals surface area contributed by atoms with Crippen LogP contribution in [0.15, 0.2) is 12.7 Å². The minimum Gasteiger partial charge on any atom is -0.448 e. The van der Waals surface area contributed by atoms with Gasteiger partial charge in [-0.1, -0.05) is 6.08 Å². The third-order valence-corrected chi connectivity index (χ3v) is 1.19. The van der Waals surface area contributed by atoms with Crippen LogP contribution in [0.25, 0.3) is 0 Å². The fourth-order valence-electron chi connectivity index (χ4n) is 0.747. The van der Waals surface area contributed by atoms with E-state index in [9.17, 15) is 4.79 Å². The molecule has 1 aliphatic rings. The van der Waals surface area contributed by atoms with Crippen LogP contribution in [-0.4, -0.2) is 41.7 Å². The number of carbonyl (C=O) groups is 1. The molecule has 0 N–H and O–H groups in total. The largest absolute Gasteiger partial charge is 0.448 e. The highest BCUT2D eigenvalue weighted by atomic mass is 28.1. The highest BCUT2D eigenvalue weighted by Gasteiger charge is 2.19. The molecule has 4 heteroatoms. The molecule has 1 rings (SSSR count). The minimum atomic E-state index is -0.227. The van der Waals surface area contributed by atoms with Gasteiger partial charge in [0.1, 0.15) is 6.61 Å². The number of cyclic esters (lactones) is 1. The van der Waals surface area contributed by atoms with Crippen molar-refractivity contribution in [1.82, 2.24) is 4.90 Å². The Labute approximate surface area is 64.7 Å². The number of ether oxygens (including phenoxy) is 1. The van der Waals surface area contributed by atoms with E-state index in [0.717, 1.165) is 0 Å². The smallest absolute Gasteiger partial charge is 0.410 e. The predicted octanol–water partition coefficient (Wildman–Crippen LogP) is -0.827. The SMILES string of the molecule is C=CCN1CCOC1=O.[SiH4]. The number of hydrogen-bond donors (Lipinski definition) is 0. The van der Waals surface area contributed by atoms with Crippen molar-refractivity contribution in [3.8, 4) is 0 Å². The van der Waals surface area contributed by atoms with Gasteiger partial charge in [-0.25, -0.2) is 4.79 Å². The number of amides is 1. The molecule has 0 aromatic heterocycles. The summed E-state index contributed by atoms with van der Waals surface area (Å²) < 4.78 is 4.66.